The third-order valence-corrected chi connectivity index (χ3v) is 5.74. The maximum atomic E-state index is 13.1. The average Bonchev–Trinajstić information content (AvgIpc) is 3.06. The molecular formula is C19H24FN5S. The smallest absolute Gasteiger partial charge is 0.214 e. The molecule has 0 bridgehead atoms. The van der Waals surface area contributed by atoms with E-state index in [1.54, 1.807) is 11.3 Å². The molecule has 5 nitrogen and oxygen atoms in total. The third-order valence-electron chi connectivity index (χ3n) is 4.76. The summed E-state index contributed by atoms with van der Waals surface area (Å²) >= 11 is 1.65. The van der Waals surface area contributed by atoms with Gasteiger partial charge in [-0.05, 0) is 30.7 Å². The number of rotatable bonds is 2. The summed E-state index contributed by atoms with van der Waals surface area (Å²) in [6.07, 6.45) is 3.09. The number of hydrogen-bond donors (Lipinski definition) is 0. The van der Waals surface area contributed by atoms with Gasteiger partial charge in [0.15, 0.2) is 0 Å². The zero-order valence-electron chi connectivity index (χ0n) is 15.4. The molecule has 0 saturated carbocycles. The van der Waals surface area contributed by atoms with Crippen molar-refractivity contribution >= 4 is 27.1 Å². The molecule has 1 aliphatic rings. The van der Waals surface area contributed by atoms with Gasteiger partial charge in [-0.2, -0.15) is 0 Å². The SMILES string of the molecule is CC(C)(C)c1cn2nc(N3CCCN(c4ccc(F)cc4)CC3)sc2n1. The van der Waals surface area contributed by atoms with Crippen molar-refractivity contribution < 1.29 is 4.39 Å². The summed E-state index contributed by atoms with van der Waals surface area (Å²) < 4.78 is 15.1. The van der Waals surface area contributed by atoms with Crippen molar-refractivity contribution in [1.29, 1.82) is 0 Å². The molecule has 0 atom stereocenters. The van der Waals surface area contributed by atoms with Crippen LogP contribution in [0.5, 0.6) is 0 Å². The number of hydrogen-bond acceptors (Lipinski definition) is 5. The summed E-state index contributed by atoms with van der Waals surface area (Å²) in [5.74, 6) is -0.189. The maximum absolute atomic E-state index is 13.1. The predicted octanol–water partition coefficient (Wildman–Crippen LogP) is 3.94. The maximum Gasteiger partial charge on any atom is 0.214 e. The van der Waals surface area contributed by atoms with Gasteiger partial charge in [-0.1, -0.05) is 32.1 Å². The van der Waals surface area contributed by atoms with Crippen LogP contribution in [0.15, 0.2) is 30.5 Å². The number of aromatic nitrogens is 3. The van der Waals surface area contributed by atoms with Crippen LogP contribution in [0.4, 0.5) is 15.2 Å². The van der Waals surface area contributed by atoms with Gasteiger partial charge < -0.3 is 9.80 Å². The van der Waals surface area contributed by atoms with E-state index in [1.165, 1.54) is 12.1 Å². The second-order valence-corrected chi connectivity index (χ2v) is 8.73. The highest BCUT2D eigenvalue weighted by atomic mass is 32.1. The van der Waals surface area contributed by atoms with Gasteiger partial charge >= 0.3 is 0 Å². The van der Waals surface area contributed by atoms with Crippen molar-refractivity contribution in [3.05, 3.63) is 42.0 Å². The van der Waals surface area contributed by atoms with Gasteiger partial charge in [0.05, 0.1) is 11.9 Å². The summed E-state index contributed by atoms with van der Waals surface area (Å²) in [5, 5.41) is 5.77. The fraction of sp³-hybridized carbons (Fsp3) is 0.474. The van der Waals surface area contributed by atoms with Gasteiger partial charge in [0.2, 0.25) is 10.1 Å². The van der Waals surface area contributed by atoms with E-state index >= 15 is 0 Å². The zero-order valence-corrected chi connectivity index (χ0v) is 16.3. The number of anilines is 2. The van der Waals surface area contributed by atoms with Gasteiger partial charge in [0.25, 0.3) is 0 Å². The lowest BCUT2D eigenvalue weighted by Gasteiger charge is -2.23. The Hall–Kier alpha value is -2.15. The molecular weight excluding hydrogens is 349 g/mol. The van der Waals surface area contributed by atoms with Crippen LogP contribution in [0.25, 0.3) is 4.96 Å². The summed E-state index contributed by atoms with van der Waals surface area (Å²) in [6, 6.07) is 6.77. The third kappa shape index (κ3) is 3.40. The molecule has 0 radical (unpaired) electrons. The van der Waals surface area contributed by atoms with Crippen LogP contribution >= 0.6 is 11.3 Å². The van der Waals surface area contributed by atoms with Gasteiger partial charge in [0.1, 0.15) is 5.82 Å². The normalized spacial score (nSPS) is 16.3. The standard InChI is InChI=1S/C19H24FN5S/c1-19(2,3)16-13-25-17(21-16)26-18(22-25)24-10-4-9-23(11-12-24)15-7-5-14(20)6-8-15/h5-8,13H,4,9-12H2,1-3H3. The Morgan fingerprint density at radius 3 is 2.38 bits per heavy atom. The van der Waals surface area contributed by atoms with E-state index in [-0.39, 0.29) is 11.2 Å². The fourth-order valence-corrected chi connectivity index (χ4v) is 4.13. The molecule has 1 aliphatic heterocycles. The molecule has 0 N–H and O–H groups in total. The Bertz CT molecular complexity index is 861. The highest BCUT2D eigenvalue weighted by Gasteiger charge is 2.22. The Labute approximate surface area is 157 Å². The highest BCUT2D eigenvalue weighted by molar-refractivity contribution is 7.20. The molecule has 0 amide bonds. The van der Waals surface area contributed by atoms with Crippen LogP contribution < -0.4 is 9.80 Å². The summed E-state index contributed by atoms with van der Waals surface area (Å²) in [7, 11) is 0. The predicted molar refractivity (Wildman–Crippen MR) is 105 cm³/mol. The van der Waals surface area contributed by atoms with Crippen molar-refractivity contribution in [3.63, 3.8) is 0 Å². The average molecular weight is 374 g/mol. The highest BCUT2D eigenvalue weighted by Crippen LogP contribution is 2.28. The first-order chi connectivity index (χ1) is 12.4. The van der Waals surface area contributed by atoms with E-state index in [0.29, 0.717) is 0 Å². The monoisotopic (exact) mass is 373 g/mol. The molecule has 7 heteroatoms. The number of fused-ring (bicyclic) bond motifs is 1. The van der Waals surface area contributed by atoms with Crippen molar-refractivity contribution in [2.45, 2.75) is 32.6 Å². The van der Waals surface area contributed by atoms with Crippen molar-refractivity contribution in [1.82, 2.24) is 14.6 Å². The van der Waals surface area contributed by atoms with E-state index in [4.69, 9.17) is 10.1 Å². The van der Waals surface area contributed by atoms with Crippen LogP contribution in [-0.2, 0) is 5.41 Å². The Morgan fingerprint density at radius 1 is 1.00 bits per heavy atom. The number of halogens is 1. The van der Waals surface area contributed by atoms with Crippen LogP contribution in [0.3, 0.4) is 0 Å². The summed E-state index contributed by atoms with van der Waals surface area (Å²) in [4.78, 5) is 10.3. The van der Waals surface area contributed by atoms with Gasteiger partial charge in [-0.3, -0.25) is 0 Å². The minimum Gasteiger partial charge on any atom is -0.370 e. The van der Waals surface area contributed by atoms with Gasteiger partial charge in [-0.15, -0.1) is 5.10 Å². The molecule has 0 aliphatic carbocycles. The van der Waals surface area contributed by atoms with E-state index in [0.717, 1.165) is 54.1 Å². The summed E-state index contributed by atoms with van der Waals surface area (Å²) in [6.45, 7) is 10.2. The molecule has 4 rings (SSSR count). The molecule has 0 spiro atoms. The quantitative estimate of drug-likeness (QED) is 0.682. The lowest BCUT2D eigenvalue weighted by molar-refractivity contribution is 0.572. The topological polar surface area (TPSA) is 36.7 Å². The van der Waals surface area contributed by atoms with E-state index in [1.807, 2.05) is 22.8 Å². The second kappa shape index (κ2) is 6.54. The second-order valence-electron chi connectivity index (χ2n) is 7.79. The molecule has 2 aromatic heterocycles. The Morgan fingerprint density at radius 2 is 1.69 bits per heavy atom. The molecule has 1 aromatic carbocycles. The minimum absolute atomic E-state index is 0.0336. The van der Waals surface area contributed by atoms with E-state index in [9.17, 15) is 4.39 Å². The number of imidazole rings is 1. The van der Waals surface area contributed by atoms with Crippen molar-refractivity contribution in [3.8, 4) is 0 Å². The molecule has 138 valence electrons. The largest absolute Gasteiger partial charge is 0.370 e. The van der Waals surface area contributed by atoms with Crippen LogP contribution in [0.1, 0.15) is 32.9 Å². The first-order valence-electron chi connectivity index (χ1n) is 9.02. The van der Waals surface area contributed by atoms with Crippen LogP contribution in [0.2, 0.25) is 0 Å². The van der Waals surface area contributed by atoms with Crippen LogP contribution in [-0.4, -0.2) is 40.8 Å². The first kappa shape index (κ1) is 17.3. The van der Waals surface area contributed by atoms with Gasteiger partial charge in [-0.25, -0.2) is 13.9 Å². The fourth-order valence-electron chi connectivity index (χ4n) is 3.20. The van der Waals surface area contributed by atoms with E-state index in [2.05, 4.69) is 30.6 Å². The number of benzene rings is 1. The minimum atomic E-state index is -0.189. The first-order valence-corrected chi connectivity index (χ1v) is 9.84. The van der Waals surface area contributed by atoms with Crippen molar-refractivity contribution in [2.75, 3.05) is 36.0 Å². The lowest BCUT2D eigenvalue weighted by Crippen LogP contribution is -2.30. The molecule has 26 heavy (non-hydrogen) atoms. The molecule has 3 aromatic rings. The van der Waals surface area contributed by atoms with Crippen molar-refractivity contribution in [2.24, 2.45) is 0 Å². The zero-order chi connectivity index (χ0) is 18.3. The Balaban J connectivity index is 1.49. The Kier molecular flexibility index (Phi) is 4.34. The molecule has 1 fully saturated rings. The van der Waals surface area contributed by atoms with E-state index < -0.39 is 0 Å². The van der Waals surface area contributed by atoms with Gasteiger partial charge in [0, 0.05) is 37.3 Å². The lowest BCUT2D eigenvalue weighted by atomic mass is 9.93. The molecule has 0 unspecified atom stereocenters. The summed E-state index contributed by atoms with van der Waals surface area (Å²) in [5.41, 5.74) is 2.18. The molecule has 3 heterocycles. The molecule has 1 saturated heterocycles. The number of nitrogens with zero attached hydrogens (tertiary/aromatic N) is 5. The van der Waals surface area contributed by atoms with Crippen LogP contribution in [0, 0.1) is 5.82 Å².